The number of pyridine rings is 1. The lowest BCUT2D eigenvalue weighted by Crippen LogP contribution is -2.32. The fourth-order valence-electron chi connectivity index (χ4n) is 4.15. The number of carbonyl (C=O) groups is 1. The maximum atomic E-state index is 13.3. The van der Waals surface area contributed by atoms with E-state index in [1.165, 1.54) is 24.3 Å². The Hall–Kier alpha value is -3.28. The molecule has 2 aliphatic heterocycles. The third-order valence-corrected chi connectivity index (χ3v) is 5.49. The van der Waals surface area contributed by atoms with Crippen molar-refractivity contribution in [1.29, 1.82) is 0 Å². The normalized spacial score (nSPS) is 17.4. The monoisotopic (exact) mass is 362 g/mol. The number of aromatic nitrogens is 2. The molecule has 2 aromatic heterocycles. The van der Waals surface area contributed by atoms with Crippen LogP contribution in [0.15, 0.2) is 41.4 Å². The van der Waals surface area contributed by atoms with Crippen molar-refractivity contribution in [3.63, 3.8) is 0 Å². The number of esters is 1. The molecule has 6 heteroatoms. The van der Waals surface area contributed by atoms with Gasteiger partial charge in [-0.25, -0.2) is 4.79 Å². The van der Waals surface area contributed by atoms with Gasteiger partial charge in [0.2, 0.25) is 0 Å². The second-order valence-corrected chi connectivity index (χ2v) is 6.89. The van der Waals surface area contributed by atoms with Crippen LogP contribution in [0.3, 0.4) is 0 Å². The zero-order chi connectivity index (χ0) is 18.7. The van der Waals surface area contributed by atoms with Crippen LogP contribution in [0.2, 0.25) is 0 Å². The van der Waals surface area contributed by atoms with Gasteiger partial charge in [0.25, 0.3) is 5.56 Å². The number of ether oxygens (including phenoxy) is 2. The first-order valence-electron chi connectivity index (χ1n) is 8.92. The first-order valence-corrected chi connectivity index (χ1v) is 8.92. The summed E-state index contributed by atoms with van der Waals surface area (Å²) in [6.45, 7) is 2.44. The van der Waals surface area contributed by atoms with Gasteiger partial charge in [0, 0.05) is 23.0 Å². The maximum absolute atomic E-state index is 13.3. The summed E-state index contributed by atoms with van der Waals surface area (Å²) in [5.74, 6) is -0.567. The Labute approximate surface area is 155 Å². The van der Waals surface area contributed by atoms with Crippen LogP contribution < -0.4 is 5.56 Å². The van der Waals surface area contributed by atoms with Gasteiger partial charge in [-0.15, -0.1) is 0 Å². The van der Waals surface area contributed by atoms with E-state index < -0.39 is 5.97 Å². The topological polar surface area (TPSA) is 73.3 Å². The van der Waals surface area contributed by atoms with E-state index in [0.717, 1.165) is 23.3 Å². The Morgan fingerprint density at radius 3 is 2.96 bits per heavy atom. The van der Waals surface area contributed by atoms with Gasteiger partial charge in [-0.1, -0.05) is 18.2 Å². The molecule has 0 saturated heterocycles. The molecule has 1 atom stereocenters. The van der Waals surface area contributed by atoms with E-state index in [1.54, 1.807) is 4.57 Å². The van der Waals surface area contributed by atoms with Crippen molar-refractivity contribution in [2.45, 2.75) is 26.0 Å². The lowest BCUT2D eigenvalue weighted by molar-refractivity contribution is -0.133. The van der Waals surface area contributed by atoms with Gasteiger partial charge in [-0.2, -0.15) is 0 Å². The number of aromatic amines is 1. The number of nitrogens with one attached hydrogen (secondary N) is 1. The van der Waals surface area contributed by atoms with Gasteiger partial charge in [0.15, 0.2) is 0 Å². The van der Waals surface area contributed by atoms with E-state index in [4.69, 9.17) is 9.47 Å². The van der Waals surface area contributed by atoms with Crippen molar-refractivity contribution >= 4 is 22.4 Å². The number of aryl methyl sites for hydroxylation is 1. The Morgan fingerprint density at radius 1 is 1.33 bits per heavy atom. The minimum absolute atomic E-state index is 0.174. The van der Waals surface area contributed by atoms with Crippen LogP contribution in [-0.2, 0) is 27.2 Å². The van der Waals surface area contributed by atoms with Crippen molar-refractivity contribution in [2.24, 2.45) is 0 Å². The highest BCUT2D eigenvalue weighted by Gasteiger charge is 2.32. The lowest BCUT2D eigenvalue weighted by atomic mass is 9.93. The highest BCUT2D eigenvalue weighted by Crippen LogP contribution is 2.38. The fourth-order valence-corrected chi connectivity index (χ4v) is 4.15. The molecule has 0 saturated carbocycles. The fraction of sp³-hybridized carbons (Fsp3) is 0.238. The summed E-state index contributed by atoms with van der Waals surface area (Å²) < 4.78 is 12.2. The SMILES string of the molecule is COC(=O)C1=COC(C)c2cc3n(c(=O)c21)CCc1c-3[nH]c2ccccc12. The molecule has 0 aliphatic carbocycles. The van der Waals surface area contributed by atoms with Gasteiger partial charge in [0.05, 0.1) is 30.3 Å². The quantitative estimate of drug-likeness (QED) is 0.675. The van der Waals surface area contributed by atoms with E-state index in [2.05, 4.69) is 11.1 Å². The Morgan fingerprint density at radius 2 is 2.15 bits per heavy atom. The summed E-state index contributed by atoms with van der Waals surface area (Å²) in [5, 5.41) is 1.18. The van der Waals surface area contributed by atoms with Crippen LogP contribution in [0.5, 0.6) is 0 Å². The van der Waals surface area contributed by atoms with Gasteiger partial charge in [-0.05, 0) is 31.0 Å². The molecule has 0 amide bonds. The van der Waals surface area contributed by atoms with E-state index in [-0.39, 0.29) is 17.2 Å². The predicted octanol–water partition coefficient (Wildman–Crippen LogP) is 3.16. The first kappa shape index (κ1) is 15.9. The molecule has 1 N–H and O–H groups in total. The van der Waals surface area contributed by atoms with Crippen LogP contribution in [0.25, 0.3) is 27.9 Å². The molecule has 1 unspecified atom stereocenters. The zero-order valence-electron chi connectivity index (χ0n) is 15.0. The van der Waals surface area contributed by atoms with E-state index >= 15 is 0 Å². The molecule has 0 radical (unpaired) electrons. The number of benzene rings is 1. The third kappa shape index (κ3) is 2.13. The third-order valence-electron chi connectivity index (χ3n) is 5.49. The second-order valence-electron chi connectivity index (χ2n) is 6.89. The average molecular weight is 362 g/mol. The number of nitrogens with zero attached hydrogens (tertiary/aromatic N) is 1. The molecule has 2 aliphatic rings. The van der Waals surface area contributed by atoms with Crippen LogP contribution in [0.4, 0.5) is 0 Å². The molecular formula is C21H18N2O4. The minimum Gasteiger partial charge on any atom is -0.493 e. The van der Waals surface area contributed by atoms with Crippen LogP contribution in [0, 0.1) is 0 Å². The van der Waals surface area contributed by atoms with Crippen LogP contribution in [0.1, 0.15) is 29.7 Å². The minimum atomic E-state index is -0.567. The van der Waals surface area contributed by atoms with E-state index in [1.807, 2.05) is 31.2 Å². The highest BCUT2D eigenvalue weighted by molar-refractivity contribution is 6.16. The summed E-state index contributed by atoms with van der Waals surface area (Å²) in [6, 6.07) is 10.1. The number of para-hydroxylation sites is 1. The van der Waals surface area contributed by atoms with Crippen molar-refractivity contribution in [3.05, 3.63) is 63.6 Å². The summed E-state index contributed by atoms with van der Waals surface area (Å²) in [6.07, 6.45) is 1.78. The number of hydrogen-bond acceptors (Lipinski definition) is 4. The standard InChI is InChI=1S/C21H18N2O4/c1-11-14-9-17-19-13(12-5-3-4-6-16(12)22-19)7-8-23(17)20(24)18(14)15(10-27-11)21(25)26-2/h3-6,9-11,22H,7-8H2,1-2H3. The highest BCUT2D eigenvalue weighted by atomic mass is 16.5. The zero-order valence-corrected chi connectivity index (χ0v) is 15.0. The van der Waals surface area contributed by atoms with E-state index in [9.17, 15) is 9.59 Å². The molecule has 0 spiro atoms. The molecule has 1 aromatic carbocycles. The summed E-state index contributed by atoms with van der Waals surface area (Å²) in [4.78, 5) is 28.9. The number of rotatable bonds is 1. The predicted molar refractivity (Wildman–Crippen MR) is 101 cm³/mol. The lowest BCUT2D eigenvalue weighted by Gasteiger charge is -2.27. The molecule has 6 nitrogen and oxygen atoms in total. The van der Waals surface area contributed by atoms with Crippen molar-refractivity contribution in [3.8, 4) is 11.4 Å². The average Bonchev–Trinajstić information content (AvgIpc) is 3.07. The number of carbonyl (C=O) groups excluding carboxylic acids is 1. The number of fused-ring (bicyclic) bond motifs is 6. The number of methoxy groups -OCH3 is 1. The Balaban J connectivity index is 1.80. The molecule has 3 aromatic rings. The van der Waals surface area contributed by atoms with Crippen LogP contribution in [-0.4, -0.2) is 22.6 Å². The van der Waals surface area contributed by atoms with E-state index in [0.29, 0.717) is 17.7 Å². The molecular weight excluding hydrogens is 344 g/mol. The summed E-state index contributed by atoms with van der Waals surface area (Å²) in [7, 11) is 1.30. The smallest absolute Gasteiger partial charge is 0.341 e. The first-order chi connectivity index (χ1) is 13.1. The van der Waals surface area contributed by atoms with Crippen molar-refractivity contribution < 1.29 is 14.3 Å². The van der Waals surface area contributed by atoms with Gasteiger partial charge in [0.1, 0.15) is 11.7 Å². The molecule has 27 heavy (non-hydrogen) atoms. The van der Waals surface area contributed by atoms with Gasteiger partial charge >= 0.3 is 5.97 Å². The van der Waals surface area contributed by atoms with Crippen molar-refractivity contribution in [1.82, 2.24) is 9.55 Å². The molecule has 0 bridgehead atoms. The molecule has 136 valence electrons. The summed E-state index contributed by atoms with van der Waals surface area (Å²) >= 11 is 0. The number of H-pyrrole nitrogens is 1. The van der Waals surface area contributed by atoms with Gasteiger partial charge < -0.3 is 19.0 Å². The van der Waals surface area contributed by atoms with Gasteiger partial charge in [-0.3, -0.25) is 4.79 Å². The summed E-state index contributed by atoms with van der Waals surface area (Å²) in [5.41, 5.74) is 5.15. The van der Waals surface area contributed by atoms with Crippen molar-refractivity contribution in [2.75, 3.05) is 7.11 Å². The Bertz CT molecular complexity index is 1200. The largest absolute Gasteiger partial charge is 0.493 e. The maximum Gasteiger partial charge on any atom is 0.341 e. The number of hydrogen-bond donors (Lipinski definition) is 1. The molecule has 5 rings (SSSR count). The molecule has 0 fully saturated rings. The molecule has 4 heterocycles. The van der Waals surface area contributed by atoms with Crippen LogP contribution >= 0.6 is 0 Å². The Kier molecular flexibility index (Phi) is 3.31. The second kappa shape index (κ2) is 5.61.